The molecule has 26 heavy (non-hydrogen) atoms. The largest absolute Gasteiger partial charge is 0.459 e. The van der Waals surface area contributed by atoms with Crippen LogP contribution in [-0.2, 0) is 21.6 Å². The summed E-state index contributed by atoms with van der Waals surface area (Å²) < 4.78 is 29.3. The van der Waals surface area contributed by atoms with Crippen LogP contribution in [0.2, 0.25) is 0 Å². The second-order valence-corrected chi connectivity index (χ2v) is 6.35. The van der Waals surface area contributed by atoms with Gasteiger partial charge in [0.15, 0.2) is 12.4 Å². The van der Waals surface area contributed by atoms with E-state index in [1.807, 2.05) is 0 Å². The first-order valence-electron chi connectivity index (χ1n) is 8.47. The third-order valence-corrected chi connectivity index (χ3v) is 4.77. The van der Waals surface area contributed by atoms with Gasteiger partial charge >= 0.3 is 5.97 Å². The average Bonchev–Trinajstić information content (AvgIpc) is 3.41. The molecule has 1 aliphatic carbocycles. The lowest BCUT2D eigenvalue weighted by Gasteiger charge is -2.26. The molecule has 0 N–H and O–H groups in total. The SMILES string of the molecule is O=C(OCc1nnc(-c2ccco2)o1)C1(c2ccc(F)cc2)CCCC1. The third-order valence-electron chi connectivity index (χ3n) is 4.77. The molecule has 0 unspecified atom stereocenters. The Morgan fingerprint density at radius 1 is 1.15 bits per heavy atom. The molecule has 6 nitrogen and oxygen atoms in total. The molecule has 0 saturated heterocycles. The van der Waals surface area contributed by atoms with Crippen LogP contribution in [0.3, 0.4) is 0 Å². The van der Waals surface area contributed by atoms with Crippen molar-refractivity contribution < 1.29 is 22.8 Å². The number of nitrogens with zero attached hydrogens (tertiary/aromatic N) is 2. The number of hydrogen-bond acceptors (Lipinski definition) is 6. The van der Waals surface area contributed by atoms with Crippen LogP contribution >= 0.6 is 0 Å². The van der Waals surface area contributed by atoms with Crippen LogP contribution in [0.5, 0.6) is 0 Å². The number of rotatable bonds is 5. The maximum Gasteiger partial charge on any atom is 0.317 e. The van der Waals surface area contributed by atoms with E-state index < -0.39 is 5.41 Å². The summed E-state index contributed by atoms with van der Waals surface area (Å²) in [5, 5.41) is 7.75. The fraction of sp³-hybridized carbons (Fsp3) is 0.316. The van der Waals surface area contributed by atoms with Gasteiger partial charge < -0.3 is 13.6 Å². The molecule has 0 aliphatic heterocycles. The summed E-state index contributed by atoms with van der Waals surface area (Å²) >= 11 is 0. The van der Waals surface area contributed by atoms with E-state index in [1.54, 1.807) is 24.3 Å². The lowest BCUT2D eigenvalue weighted by Crippen LogP contribution is -2.34. The van der Waals surface area contributed by atoms with Gasteiger partial charge in [0, 0.05) is 0 Å². The van der Waals surface area contributed by atoms with Crippen molar-refractivity contribution in [2.45, 2.75) is 37.7 Å². The van der Waals surface area contributed by atoms with Crippen LogP contribution < -0.4 is 0 Å². The van der Waals surface area contributed by atoms with Crippen molar-refractivity contribution in [1.82, 2.24) is 10.2 Å². The number of furan rings is 1. The van der Waals surface area contributed by atoms with Crippen molar-refractivity contribution in [3.63, 3.8) is 0 Å². The monoisotopic (exact) mass is 356 g/mol. The van der Waals surface area contributed by atoms with E-state index in [1.165, 1.54) is 18.4 Å². The van der Waals surface area contributed by atoms with E-state index in [9.17, 15) is 9.18 Å². The Morgan fingerprint density at radius 2 is 1.92 bits per heavy atom. The zero-order valence-electron chi connectivity index (χ0n) is 14.0. The summed E-state index contributed by atoms with van der Waals surface area (Å²) in [6.07, 6.45) is 4.72. The highest BCUT2D eigenvalue weighted by molar-refractivity contribution is 5.83. The normalized spacial score (nSPS) is 15.9. The fourth-order valence-corrected chi connectivity index (χ4v) is 3.44. The number of carbonyl (C=O) groups is 1. The molecule has 134 valence electrons. The summed E-state index contributed by atoms with van der Waals surface area (Å²) in [7, 11) is 0. The minimum Gasteiger partial charge on any atom is -0.459 e. The van der Waals surface area contributed by atoms with Crippen LogP contribution in [0.1, 0.15) is 37.1 Å². The lowest BCUT2D eigenvalue weighted by atomic mass is 9.79. The molecular weight excluding hydrogens is 339 g/mol. The average molecular weight is 356 g/mol. The van der Waals surface area contributed by atoms with Gasteiger partial charge in [-0.05, 0) is 42.7 Å². The maximum absolute atomic E-state index is 13.2. The molecule has 7 heteroatoms. The smallest absolute Gasteiger partial charge is 0.317 e. The second kappa shape index (κ2) is 6.74. The summed E-state index contributed by atoms with van der Waals surface area (Å²) in [6, 6.07) is 9.47. The first-order chi connectivity index (χ1) is 12.7. The Hall–Kier alpha value is -2.96. The highest BCUT2D eigenvalue weighted by Gasteiger charge is 2.44. The predicted molar refractivity (Wildman–Crippen MR) is 88.3 cm³/mol. The number of esters is 1. The molecule has 1 saturated carbocycles. The quantitative estimate of drug-likeness (QED) is 0.643. The Bertz CT molecular complexity index is 881. The molecule has 0 radical (unpaired) electrons. The summed E-state index contributed by atoms with van der Waals surface area (Å²) in [4.78, 5) is 12.8. The summed E-state index contributed by atoms with van der Waals surface area (Å²) in [5.41, 5.74) is 0.0422. The fourth-order valence-electron chi connectivity index (χ4n) is 3.44. The molecule has 0 bridgehead atoms. The molecule has 0 amide bonds. The van der Waals surface area contributed by atoms with Crippen molar-refractivity contribution >= 4 is 5.97 Å². The Morgan fingerprint density at radius 3 is 2.62 bits per heavy atom. The number of benzene rings is 1. The Labute approximate surface area is 149 Å². The van der Waals surface area contributed by atoms with E-state index in [2.05, 4.69) is 10.2 Å². The van der Waals surface area contributed by atoms with Gasteiger partial charge in [-0.2, -0.15) is 0 Å². The van der Waals surface area contributed by atoms with Crippen LogP contribution in [0.15, 0.2) is 51.5 Å². The van der Waals surface area contributed by atoms with Crippen molar-refractivity contribution in [2.75, 3.05) is 0 Å². The van der Waals surface area contributed by atoms with Gasteiger partial charge in [0.1, 0.15) is 5.82 Å². The van der Waals surface area contributed by atoms with Gasteiger partial charge in [-0.3, -0.25) is 4.79 Å². The van der Waals surface area contributed by atoms with Crippen LogP contribution in [0, 0.1) is 5.82 Å². The van der Waals surface area contributed by atoms with Gasteiger partial charge in [0.05, 0.1) is 11.7 Å². The van der Waals surface area contributed by atoms with Crippen LogP contribution in [0.25, 0.3) is 11.7 Å². The zero-order chi connectivity index (χ0) is 18.0. The maximum atomic E-state index is 13.2. The molecule has 4 rings (SSSR count). The van der Waals surface area contributed by atoms with E-state index in [4.69, 9.17) is 13.6 Å². The number of halogens is 1. The van der Waals surface area contributed by atoms with E-state index in [-0.39, 0.29) is 30.2 Å². The Kier molecular flexibility index (Phi) is 4.28. The molecule has 0 spiro atoms. The minimum absolute atomic E-state index is 0.116. The molecule has 2 aromatic heterocycles. The van der Waals surface area contributed by atoms with E-state index >= 15 is 0 Å². The molecule has 2 heterocycles. The van der Waals surface area contributed by atoms with Crippen molar-refractivity contribution in [1.29, 1.82) is 0 Å². The van der Waals surface area contributed by atoms with Crippen molar-refractivity contribution in [3.05, 3.63) is 59.9 Å². The number of ether oxygens (including phenoxy) is 1. The molecule has 0 atom stereocenters. The Balaban J connectivity index is 1.48. The first-order valence-corrected chi connectivity index (χ1v) is 8.47. The predicted octanol–water partition coefficient (Wildman–Crippen LogP) is 4.02. The van der Waals surface area contributed by atoms with Crippen molar-refractivity contribution in [3.8, 4) is 11.7 Å². The van der Waals surface area contributed by atoms with Gasteiger partial charge in [-0.1, -0.05) is 25.0 Å². The number of hydrogen-bond donors (Lipinski definition) is 0. The second-order valence-electron chi connectivity index (χ2n) is 6.35. The minimum atomic E-state index is -0.739. The van der Waals surface area contributed by atoms with Gasteiger partial charge in [-0.25, -0.2) is 4.39 Å². The number of aromatic nitrogens is 2. The van der Waals surface area contributed by atoms with Crippen LogP contribution in [0.4, 0.5) is 4.39 Å². The van der Waals surface area contributed by atoms with Crippen LogP contribution in [-0.4, -0.2) is 16.2 Å². The molecular formula is C19H17FN2O4. The van der Waals surface area contributed by atoms with Crippen molar-refractivity contribution in [2.24, 2.45) is 0 Å². The lowest BCUT2D eigenvalue weighted by molar-refractivity contribution is -0.152. The van der Waals surface area contributed by atoms with E-state index in [0.29, 0.717) is 18.6 Å². The topological polar surface area (TPSA) is 78.4 Å². The van der Waals surface area contributed by atoms with Gasteiger partial charge in [0.25, 0.3) is 11.8 Å². The summed E-state index contributed by atoms with van der Waals surface area (Å²) in [6.45, 7) is -0.116. The number of carbonyl (C=O) groups excluding carboxylic acids is 1. The molecule has 1 aliphatic rings. The first kappa shape index (κ1) is 16.5. The molecule has 3 aromatic rings. The standard InChI is InChI=1S/C19H17FN2O4/c20-14-7-5-13(6-8-14)19(9-1-2-10-19)18(23)25-12-16-21-22-17(26-16)15-4-3-11-24-15/h3-8,11H,1-2,9-10,12H2. The molecule has 1 aromatic carbocycles. The van der Waals surface area contributed by atoms with Gasteiger partial charge in [-0.15, -0.1) is 10.2 Å². The molecule has 1 fully saturated rings. The zero-order valence-corrected chi connectivity index (χ0v) is 14.0. The third kappa shape index (κ3) is 3.00. The highest BCUT2D eigenvalue weighted by Crippen LogP contribution is 2.42. The highest BCUT2D eigenvalue weighted by atomic mass is 19.1. The van der Waals surface area contributed by atoms with Gasteiger partial charge in [0.2, 0.25) is 0 Å². The summed E-state index contributed by atoms with van der Waals surface area (Å²) in [5.74, 6) is 0.201. The van der Waals surface area contributed by atoms with E-state index in [0.717, 1.165) is 18.4 Å².